The van der Waals surface area contributed by atoms with Crippen LogP contribution in [-0.4, -0.2) is 50.7 Å². The van der Waals surface area contributed by atoms with Crippen LogP contribution >= 0.6 is 0 Å². The Labute approximate surface area is 103 Å². The van der Waals surface area contributed by atoms with Crippen LogP contribution in [0, 0.1) is 0 Å². The molecule has 2 aromatic heterocycles. The number of imidazole rings is 1. The quantitative estimate of drug-likeness (QED) is 0.738. The number of carboxylic acids is 1. The SMILES string of the molecule is CN(C)c1ncnc2c1ncn2CC(N)C(=O)O. The van der Waals surface area contributed by atoms with Gasteiger partial charge in [-0.05, 0) is 0 Å². The zero-order valence-corrected chi connectivity index (χ0v) is 10.1. The largest absolute Gasteiger partial charge is 0.480 e. The molecule has 8 heteroatoms. The van der Waals surface area contributed by atoms with E-state index in [1.165, 1.54) is 12.7 Å². The summed E-state index contributed by atoms with van der Waals surface area (Å²) in [6, 6.07) is -0.986. The zero-order chi connectivity index (χ0) is 13.3. The molecular formula is C10H14N6O2. The molecule has 2 rings (SSSR count). The van der Waals surface area contributed by atoms with Crippen molar-refractivity contribution in [1.82, 2.24) is 19.5 Å². The van der Waals surface area contributed by atoms with Crippen LogP contribution in [0.4, 0.5) is 5.82 Å². The van der Waals surface area contributed by atoms with Crippen molar-refractivity contribution < 1.29 is 9.90 Å². The Morgan fingerprint density at radius 3 is 2.83 bits per heavy atom. The van der Waals surface area contributed by atoms with Gasteiger partial charge in [0.15, 0.2) is 17.0 Å². The van der Waals surface area contributed by atoms with Gasteiger partial charge in [-0.25, -0.2) is 15.0 Å². The molecule has 0 aliphatic heterocycles. The first kappa shape index (κ1) is 12.2. The number of aromatic nitrogens is 4. The van der Waals surface area contributed by atoms with Crippen LogP contribution in [0.5, 0.6) is 0 Å². The van der Waals surface area contributed by atoms with Gasteiger partial charge in [-0.2, -0.15) is 0 Å². The van der Waals surface area contributed by atoms with Gasteiger partial charge in [0.1, 0.15) is 12.4 Å². The molecule has 96 valence electrons. The van der Waals surface area contributed by atoms with Crippen molar-refractivity contribution in [2.45, 2.75) is 12.6 Å². The second-order valence-electron chi connectivity index (χ2n) is 4.11. The van der Waals surface area contributed by atoms with Gasteiger partial charge in [-0.3, -0.25) is 4.79 Å². The van der Waals surface area contributed by atoms with Gasteiger partial charge in [-0.1, -0.05) is 0 Å². The molecule has 3 N–H and O–H groups in total. The number of nitrogens with two attached hydrogens (primary N) is 1. The molecule has 0 aromatic carbocycles. The first-order chi connectivity index (χ1) is 8.50. The summed E-state index contributed by atoms with van der Waals surface area (Å²) in [5.74, 6) is -0.374. The fourth-order valence-corrected chi connectivity index (χ4v) is 1.62. The van der Waals surface area contributed by atoms with Crippen molar-refractivity contribution in [2.75, 3.05) is 19.0 Å². The molecule has 0 saturated carbocycles. The predicted molar refractivity (Wildman–Crippen MR) is 65.3 cm³/mol. The van der Waals surface area contributed by atoms with Crippen LogP contribution < -0.4 is 10.6 Å². The lowest BCUT2D eigenvalue weighted by Gasteiger charge is -2.11. The average Bonchev–Trinajstić information content (AvgIpc) is 2.72. The molecule has 8 nitrogen and oxygen atoms in total. The molecule has 0 aliphatic carbocycles. The van der Waals surface area contributed by atoms with E-state index in [9.17, 15) is 4.79 Å². The van der Waals surface area contributed by atoms with Crippen molar-refractivity contribution in [3.63, 3.8) is 0 Å². The molecule has 0 spiro atoms. The summed E-state index contributed by atoms with van der Waals surface area (Å²) >= 11 is 0. The highest BCUT2D eigenvalue weighted by Crippen LogP contribution is 2.19. The Morgan fingerprint density at radius 1 is 1.50 bits per heavy atom. The highest BCUT2D eigenvalue weighted by atomic mass is 16.4. The van der Waals surface area contributed by atoms with Crippen LogP contribution in [0.1, 0.15) is 0 Å². The lowest BCUT2D eigenvalue weighted by Crippen LogP contribution is -2.34. The topological polar surface area (TPSA) is 110 Å². The number of hydrogen-bond acceptors (Lipinski definition) is 6. The molecule has 0 radical (unpaired) electrons. The maximum atomic E-state index is 10.7. The summed E-state index contributed by atoms with van der Waals surface area (Å²) in [7, 11) is 3.70. The van der Waals surface area contributed by atoms with E-state index in [-0.39, 0.29) is 6.54 Å². The summed E-state index contributed by atoms with van der Waals surface area (Å²) < 4.78 is 1.61. The molecule has 0 saturated heterocycles. The third-order valence-electron chi connectivity index (χ3n) is 2.52. The van der Waals surface area contributed by atoms with E-state index >= 15 is 0 Å². The zero-order valence-electron chi connectivity index (χ0n) is 10.1. The van der Waals surface area contributed by atoms with Crippen LogP contribution in [0.2, 0.25) is 0 Å². The van der Waals surface area contributed by atoms with Gasteiger partial charge in [-0.15, -0.1) is 0 Å². The number of nitrogens with zero attached hydrogens (tertiary/aromatic N) is 5. The summed E-state index contributed by atoms with van der Waals surface area (Å²) in [5.41, 5.74) is 6.69. The average molecular weight is 250 g/mol. The van der Waals surface area contributed by atoms with Gasteiger partial charge in [0.05, 0.1) is 12.9 Å². The molecule has 0 aliphatic rings. The van der Waals surface area contributed by atoms with E-state index in [0.29, 0.717) is 17.0 Å². The Hall–Kier alpha value is -2.22. The van der Waals surface area contributed by atoms with E-state index in [0.717, 1.165) is 0 Å². The third-order valence-corrected chi connectivity index (χ3v) is 2.52. The molecule has 18 heavy (non-hydrogen) atoms. The molecule has 1 unspecified atom stereocenters. The highest BCUT2D eigenvalue weighted by molar-refractivity contribution is 5.83. The number of anilines is 1. The van der Waals surface area contributed by atoms with E-state index in [1.807, 2.05) is 19.0 Å². The van der Waals surface area contributed by atoms with Crippen molar-refractivity contribution in [2.24, 2.45) is 5.73 Å². The van der Waals surface area contributed by atoms with E-state index in [4.69, 9.17) is 10.8 Å². The molecule has 0 bridgehead atoms. The van der Waals surface area contributed by atoms with Crippen LogP contribution in [0.15, 0.2) is 12.7 Å². The Bertz CT molecular complexity index is 579. The van der Waals surface area contributed by atoms with Crippen LogP contribution in [-0.2, 0) is 11.3 Å². The number of rotatable bonds is 4. The van der Waals surface area contributed by atoms with Crippen molar-refractivity contribution >= 4 is 23.0 Å². The summed E-state index contributed by atoms with van der Waals surface area (Å²) in [4.78, 5) is 25.0. The number of hydrogen-bond donors (Lipinski definition) is 2. The van der Waals surface area contributed by atoms with Gasteiger partial charge >= 0.3 is 5.97 Å². The number of carbonyl (C=O) groups is 1. The molecule has 2 heterocycles. The summed E-state index contributed by atoms with van der Waals surface area (Å²) in [6.45, 7) is 0.121. The van der Waals surface area contributed by atoms with Crippen molar-refractivity contribution in [3.8, 4) is 0 Å². The molecule has 1 atom stereocenters. The Morgan fingerprint density at radius 2 is 2.22 bits per heavy atom. The number of fused-ring (bicyclic) bond motifs is 1. The minimum Gasteiger partial charge on any atom is -0.480 e. The summed E-state index contributed by atoms with van der Waals surface area (Å²) in [6.07, 6.45) is 2.94. The van der Waals surface area contributed by atoms with Gasteiger partial charge in [0.25, 0.3) is 0 Å². The first-order valence-corrected chi connectivity index (χ1v) is 5.32. The fourth-order valence-electron chi connectivity index (χ4n) is 1.62. The predicted octanol–water partition coefficient (Wildman–Crippen LogP) is -0.696. The number of aliphatic carboxylic acids is 1. The van der Waals surface area contributed by atoms with E-state index in [2.05, 4.69) is 15.0 Å². The normalized spacial score (nSPS) is 12.6. The van der Waals surface area contributed by atoms with Crippen molar-refractivity contribution in [3.05, 3.63) is 12.7 Å². The lowest BCUT2D eigenvalue weighted by molar-refractivity contribution is -0.138. The smallest absolute Gasteiger partial charge is 0.322 e. The standard InChI is InChI=1S/C10H14N6O2/c1-15(2)8-7-9(13-4-12-8)16(5-14-7)3-6(11)10(17)18/h4-6H,3,11H2,1-2H3,(H,17,18). The fraction of sp³-hybridized carbons (Fsp3) is 0.400. The highest BCUT2D eigenvalue weighted by Gasteiger charge is 2.16. The molecule has 0 amide bonds. The maximum Gasteiger partial charge on any atom is 0.322 e. The Kier molecular flexibility index (Phi) is 3.11. The first-order valence-electron chi connectivity index (χ1n) is 5.32. The molecular weight excluding hydrogens is 236 g/mol. The van der Waals surface area contributed by atoms with Crippen LogP contribution in [0.25, 0.3) is 11.2 Å². The third kappa shape index (κ3) is 2.09. The Balaban J connectivity index is 2.43. The second kappa shape index (κ2) is 4.57. The van der Waals surface area contributed by atoms with Gasteiger partial charge in [0, 0.05) is 14.1 Å². The number of carboxylic acid groups (broad SMARTS) is 1. The van der Waals surface area contributed by atoms with Gasteiger partial charge in [0.2, 0.25) is 0 Å². The monoisotopic (exact) mass is 250 g/mol. The van der Waals surface area contributed by atoms with Crippen molar-refractivity contribution in [1.29, 1.82) is 0 Å². The molecule has 0 fully saturated rings. The summed E-state index contributed by atoms with van der Waals surface area (Å²) in [5, 5.41) is 8.80. The minimum atomic E-state index is -1.06. The maximum absolute atomic E-state index is 10.7. The molecule has 2 aromatic rings. The second-order valence-corrected chi connectivity index (χ2v) is 4.11. The van der Waals surface area contributed by atoms with E-state index in [1.54, 1.807) is 4.57 Å². The van der Waals surface area contributed by atoms with Crippen LogP contribution in [0.3, 0.4) is 0 Å². The lowest BCUT2D eigenvalue weighted by atomic mass is 10.3. The van der Waals surface area contributed by atoms with Gasteiger partial charge < -0.3 is 20.3 Å². The minimum absolute atomic E-state index is 0.121. The van der Waals surface area contributed by atoms with E-state index < -0.39 is 12.0 Å².